The molecule has 0 bridgehead atoms. The molecule has 0 saturated heterocycles. The maximum atomic E-state index is 13.2. The summed E-state index contributed by atoms with van der Waals surface area (Å²) in [6.45, 7) is 2.72. The molecule has 1 aromatic rings. The third kappa shape index (κ3) is 4.50. The van der Waals surface area contributed by atoms with Crippen LogP contribution in [0.25, 0.3) is 0 Å². The highest BCUT2D eigenvalue weighted by Gasteiger charge is 2.07. The van der Waals surface area contributed by atoms with Crippen molar-refractivity contribution in [2.75, 3.05) is 6.54 Å². The van der Waals surface area contributed by atoms with Crippen LogP contribution in [0, 0.1) is 0 Å². The number of hydrogen-bond donors (Lipinski definition) is 1. The summed E-state index contributed by atoms with van der Waals surface area (Å²) in [5, 5.41) is 0. The highest BCUT2D eigenvalue weighted by atomic mass is 35.5. The van der Waals surface area contributed by atoms with Gasteiger partial charge in [-0.15, -0.1) is 12.4 Å². The van der Waals surface area contributed by atoms with E-state index in [0.717, 1.165) is 18.5 Å². The molecular weight excluding hydrogens is 209 g/mol. The lowest BCUT2D eigenvalue weighted by Crippen LogP contribution is -2.03. The summed E-state index contributed by atoms with van der Waals surface area (Å²) in [6, 6.07) is 9.14. The van der Waals surface area contributed by atoms with E-state index in [-0.39, 0.29) is 12.4 Å². The van der Waals surface area contributed by atoms with Gasteiger partial charge in [-0.2, -0.15) is 0 Å². The van der Waals surface area contributed by atoms with E-state index in [1.807, 2.05) is 25.1 Å². The molecule has 1 N–H and O–H groups in total. The van der Waals surface area contributed by atoms with Crippen molar-refractivity contribution in [2.45, 2.75) is 12.4 Å². The monoisotopic (exact) mass is 221 g/mol. The maximum absolute atomic E-state index is 13.2. The lowest BCUT2D eigenvalue weighted by molar-refractivity contribution is 0.467. The lowest BCUT2D eigenvalue weighted by atomic mass is 10.2. The molecule has 0 amide bonds. The van der Waals surface area contributed by atoms with Crippen molar-refractivity contribution in [3.8, 4) is 0 Å². The molecule has 0 heterocycles. The summed E-state index contributed by atoms with van der Waals surface area (Å²) in [5.74, 6) is 0. The minimum atomic E-state index is -0.967. The van der Waals surface area contributed by atoms with Gasteiger partial charge in [0.25, 0.3) is 0 Å². The highest BCUT2D eigenvalue weighted by molar-refractivity contribution is 7.97. The van der Waals surface area contributed by atoms with Crippen molar-refractivity contribution in [2.24, 2.45) is 0 Å². The molecule has 1 rings (SSSR count). The normalized spacial score (nSPS) is 11.8. The van der Waals surface area contributed by atoms with Crippen LogP contribution in [0.15, 0.2) is 30.3 Å². The molecule has 1 aromatic carbocycles. The fourth-order valence-electron chi connectivity index (χ4n) is 0.829. The number of hydrogen-bond acceptors (Lipinski definition) is 2. The van der Waals surface area contributed by atoms with Crippen LogP contribution >= 0.6 is 24.4 Å². The van der Waals surface area contributed by atoms with E-state index < -0.39 is 5.50 Å². The van der Waals surface area contributed by atoms with Gasteiger partial charge in [0.1, 0.15) is 0 Å². The molecule has 0 radical (unpaired) electrons. The fraction of sp³-hybridized carbons (Fsp3) is 0.333. The van der Waals surface area contributed by atoms with Gasteiger partial charge < -0.3 is 0 Å². The standard InChI is InChI=1S/C9H12FNS.ClH/c1-2-11-12-9(10)8-6-4-3-5-7-8;/h3-7,9,11H,2H2,1H3;1H. The Morgan fingerprint density at radius 3 is 2.54 bits per heavy atom. The lowest BCUT2D eigenvalue weighted by Gasteiger charge is -2.06. The number of halogens is 2. The van der Waals surface area contributed by atoms with Crippen LogP contribution in [-0.4, -0.2) is 6.54 Å². The van der Waals surface area contributed by atoms with Crippen molar-refractivity contribution in [1.82, 2.24) is 4.72 Å². The van der Waals surface area contributed by atoms with E-state index in [9.17, 15) is 4.39 Å². The molecule has 0 aliphatic heterocycles. The minimum Gasteiger partial charge on any atom is -0.262 e. The summed E-state index contributed by atoms with van der Waals surface area (Å²) in [5.41, 5.74) is -0.255. The topological polar surface area (TPSA) is 12.0 Å². The molecule has 0 fully saturated rings. The zero-order chi connectivity index (χ0) is 8.81. The van der Waals surface area contributed by atoms with Gasteiger partial charge in [0.05, 0.1) is 0 Å². The van der Waals surface area contributed by atoms with Gasteiger partial charge in [0.15, 0.2) is 5.50 Å². The summed E-state index contributed by atoms with van der Waals surface area (Å²) < 4.78 is 16.1. The minimum absolute atomic E-state index is 0. The van der Waals surface area contributed by atoms with Crippen molar-refractivity contribution >= 4 is 24.4 Å². The average molecular weight is 222 g/mol. The van der Waals surface area contributed by atoms with Crippen LogP contribution in [-0.2, 0) is 0 Å². The Hall–Kier alpha value is -0.250. The Labute approximate surface area is 88.7 Å². The van der Waals surface area contributed by atoms with Crippen LogP contribution in [0.3, 0.4) is 0 Å². The van der Waals surface area contributed by atoms with E-state index in [1.165, 1.54) is 0 Å². The second-order valence-electron chi connectivity index (χ2n) is 2.34. The third-order valence-electron chi connectivity index (χ3n) is 1.39. The maximum Gasteiger partial charge on any atom is 0.184 e. The zero-order valence-electron chi connectivity index (χ0n) is 7.37. The number of alkyl halides is 1. The van der Waals surface area contributed by atoms with Crippen LogP contribution in [0.4, 0.5) is 4.39 Å². The Bertz CT molecular complexity index is 220. The Morgan fingerprint density at radius 1 is 1.38 bits per heavy atom. The van der Waals surface area contributed by atoms with Gasteiger partial charge in [-0.1, -0.05) is 37.3 Å². The van der Waals surface area contributed by atoms with E-state index in [2.05, 4.69) is 4.72 Å². The summed E-state index contributed by atoms with van der Waals surface area (Å²) in [4.78, 5) is 0. The first-order chi connectivity index (χ1) is 5.84. The number of rotatable bonds is 4. The summed E-state index contributed by atoms with van der Waals surface area (Å²) in [7, 11) is 0. The van der Waals surface area contributed by atoms with Crippen LogP contribution in [0.2, 0.25) is 0 Å². The molecule has 1 nitrogen and oxygen atoms in total. The molecule has 0 aromatic heterocycles. The highest BCUT2D eigenvalue weighted by Crippen LogP contribution is 2.26. The van der Waals surface area contributed by atoms with Gasteiger partial charge in [-0.25, -0.2) is 4.39 Å². The van der Waals surface area contributed by atoms with Crippen molar-refractivity contribution in [3.05, 3.63) is 35.9 Å². The van der Waals surface area contributed by atoms with Gasteiger partial charge in [0, 0.05) is 6.54 Å². The zero-order valence-corrected chi connectivity index (χ0v) is 9.00. The van der Waals surface area contributed by atoms with Gasteiger partial charge in [-0.05, 0) is 17.5 Å². The van der Waals surface area contributed by atoms with E-state index in [1.54, 1.807) is 12.1 Å². The number of nitrogens with one attached hydrogen (secondary N) is 1. The molecule has 0 aliphatic rings. The smallest absolute Gasteiger partial charge is 0.184 e. The van der Waals surface area contributed by atoms with Gasteiger partial charge in [0.2, 0.25) is 0 Å². The average Bonchev–Trinajstić information content (AvgIpc) is 2.15. The quantitative estimate of drug-likeness (QED) is 0.783. The molecule has 0 spiro atoms. The molecule has 0 aliphatic carbocycles. The van der Waals surface area contributed by atoms with Crippen molar-refractivity contribution in [3.63, 3.8) is 0 Å². The molecule has 4 heteroatoms. The summed E-state index contributed by atoms with van der Waals surface area (Å²) >= 11 is 1.11. The summed E-state index contributed by atoms with van der Waals surface area (Å²) in [6.07, 6.45) is 0. The van der Waals surface area contributed by atoms with Crippen molar-refractivity contribution in [1.29, 1.82) is 0 Å². The Kier molecular flexibility index (Phi) is 7.04. The molecule has 1 atom stereocenters. The molecule has 1 unspecified atom stereocenters. The predicted octanol–water partition coefficient (Wildman–Crippen LogP) is 3.33. The first-order valence-corrected chi connectivity index (χ1v) is 4.80. The molecule has 74 valence electrons. The van der Waals surface area contributed by atoms with Crippen LogP contribution < -0.4 is 4.72 Å². The largest absolute Gasteiger partial charge is 0.262 e. The molecule has 13 heavy (non-hydrogen) atoms. The molecular formula is C9H13ClFNS. The van der Waals surface area contributed by atoms with E-state index in [0.29, 0.717) is 5.56 Å². The van der Waals surface area contributed by atoms with Crippen molar-refractivity contribution < 1.29 is 4.39 Å². The SMILES string of the molecule is CCNSC(F)c1ccccc1.Cl. The Balaban J connectivity index is 0.00000144. The van der Waals surface area contributed by atoms with E-state index in [4.69, 9.17) is 0 Å². The second kappa shape index (κ2) is 7.18. The fourth-order valence-corrected chi connectivity index (χ4v) is 1.44. The van der Waals surface area contributed by atoms with Gasteiger partial charge >= 0.3 is 0 Å². The first kappa shape index (κ1) is 12.8. The molecule has 0 saturated carbocycles. The Morgan fingerprint density at radius 2 is 2.00 bits per heavy atom. The van der Waals surface area contributed by atoms with Crippen LogP contribution in [0.1, 0.15) is 18.0 Å². The predicted molar refractivity (Wildman–Crippen MR) is 58.8 cm³/mol. The van der Waals surface area contributed by atoms with E-state index >= 15 is 0 Å². The van der Waals surface area contributed by atoms with Gasteiger partial charge in [-0.3, -0.25) is 4.72 Å². The number of benzene rings is 1. The first-order valence-electron chi connectivity index (χ1n) is 3.92. The van der Waals surface area contributed by atoms with Crippen LogP contribution in [0.5, 0.6) is 0 Å². The second-order valence-corrected chi connectivity index (χ2v) is 3.28. The third-order valence-corrected chi connectivity index (χ3v) is 2.33.